The molecule has 34 heavy (non-hydrogen) atoms. The van der Waals surface area contributed by atoms with Gasteiger partial charge in [-0.05, 0) is 55.5 Å². The predicted molar refractivity (Wildman–Crippen MR) is 139 cm³/mol. The van der Waals surface area contributed by atoms with Gasteiger partial charge in [-0.2, -0.15) is 0 Å². The summed E-state index contributed by atoms with van der Waals surface area (Å²) in [7, 11) is 0. The van der Waals surface area contributed by atoms with Gasteiger partial charge in [0.05, 0.1) is 0 Å². The smallest absolute Gasteiger partial charge is 0.243 e. The molecule has 0 aromatic heterocycles. The van der Waals surface area contributed by atoms with Gasteiger partial charge in [-0.1, -0.05) is 84.4 Å². The lowest BCUT2D eigenvalue weighted by Gasteiger charge is -2.32. The molecule has 0 spiro atoms. The number of nitrogens with one attached hydrogen (secondary N) is 1. The number of carbonyl (C=O) groups is 2. The summed E-state index contributed by atoms with van der Waals surface area (Å²) in [5.74, 6) is -0.207. The van der Waals surface area contributed by atoms with Crippen LogP contribution in [0.4, 0.5) is 0 Å². The zero-order valence-corrected chi connectivity index (χ0v) is 20.9. The van der Waals surface area contributed by atoms with Crippen LogP contribution in [0.15, 0.2) is 78.9 Å². The van der Waals surface area contributed by atoms with Crippen LogP contribution in [0.3, 0.4) is 0 Å². The number of rotatable bonds is 10. The van der Waals surface area contributed by atoms with Crippen LogP contribution in [0, 0.1) is 6.92 Å². The van der Waals surface area contributed by atoms with Crippen LogP contribution in [-0.2, 0) is 29.0 Å². The molecular weight excluding hydrogens is 444 g/mol. The Morgan fingerprint density at radius 3 is 2.15 bits per heavy atom. The number of aryl methyl sites for hydroxylation is 2. The summed E-state index contributed by atoms with van der Waals surface area (Å²) in [6.45, 7) is 6.27. The lowest BCUT2D eigenvalue weighted by molar-refractivity contribution is -0.141. The topological polar surface area (TPSA) is 49.4 Å². The Kier molecular flexibility index (Phi) is 9.29. The highest BCUT2D eigenvalue weighted by atomic mass is 35.5. The minimum atomic E-state index is -0.622. The van der Waals surface area contributed by atoms with E-state index < -0.39 is 6.04 Å². The fraction of sp³-hybridized carbons (Fsp3) is 0.310. The van der Waals surface area contributed by atoms with Crippen molar-refractivity contribution < 1.29 is 9.59 Å². The second-order valence-corrected chi connectivity index (χ2v) is 9.32. The first-order valence-electron chi connectivity index (χ1n) is 11.8. The molecule has 0 radical (unpaired) electrons. The molecule has 0 aliphatic heterocycles. The fourth-order valence-corrected chi connectivity index (χ4v) is 4.22. The zero-order valence-electron chi connectivity index (χ0n) is 20.1. The van der Waals surface area contributed by atoms with E-state index in [-0.39, 0.29) is 24.3 Å². The monoisotopic (exact) mass is 476 g/mol. The van der Waals surface area contributed by atoms with Crippen LogP contribution in [0.2, 0.25) is 5.02 Å². The standard InChI is InChI=1S/C29H33ClN2O2/c1-21(2)31-29(34)27(19-23-12-5-4-6-13-23)32(20-25-15-8-7-11-22(25)3)28(33)18-17-24-14-9-10-16-26(24)30/h4-16,21,27H,17-20H2,1-3H3,(H,31,34)/t27-/m0/s1. The Balaban J connectivity index is 1.93. The molecular formula is C29H33ClN2O2. The second kappa shape index (κ2) is 12.4. The first kappa shape index (κ1) is 25.5. The third-order valence-corrected chi connectivity index (χ3v) is 6.24. The van der Waals surface area contributed by atoms with Gasteiger partial charge in [0.15, 0.2) is 0 Å². The zero-order chi connectivity index (χ0) is 24.5. The summed E-state index contributed by atoms with van der Waals surface area (Å²) in [6, 6.07) is 24.8. The number of nitrogens with zero attached hydrogens (tertiary/aromatic N) is 1. The Morgan fingerprint density at radius 2 is 1.50 bits per heavy atom. The summed E-state index contributed by atoms with van der Waals surface area (Å²) in [4.78, 5) is 28.8. The van der Waals surface area contributed by atoms with Gasteiger partial charge in [-0.15, -0.1) is 0 Å². The molecule has 3 aromatic carbocycles. The number of hydrogen-bond acceptors (Lipinski definition) is 2. The molecule has 178 valence electrons. The van der Waals surface area contributed by atoms with E-state index >= 15 is 0 Å². The van der Waals surface area contributed by atoms with Crippen LogP contribution in [0.5, 0.6) is 0 Å². The number of benzene rings is 3. The largest absolute Gasteiger partial charge is 0.352 e. The molecule has 2 amide bonds. The molecule has 0 fully saturated rings. The van der Waals surface area contributed by atoms with E-state index in [0.29, 0.717) is 24.4 Å². The maximum absolute atomic E-state index is 13.7. The molecule has 0 saturated carbocycles. The second-order valence-electron chi connectivity index (χ2n) is 8.91. The molecule has 0 saturated heterocycles. The van der Waals surface area contributed by atoms with Crippen molar-refractivity contribution in [3.05, 3.63) is 106 Å². The normalized spacial score (nSPS) is 11.8. The van der Waals surface area contributed by atoms with Crippen molar-refractivity contribution >= 4 is 23.4 Å². The molecule has 1 atom stereocenters. The van der Waals surface area contributed by atoms with E-state index in [1.54, 1.807) is 4.90 Å². The summed E-state index contributed by atoms with van der Waals surface area (Å²) < 4.78 is 0. The third kappa shape index (κ3) is 7.19. The molecule has 0 unspecified atom stereocenters. The Morgan fingerprint density at radius 1 is 0.882 bits per heavy atom. The molecule has 0 bridgehead atoms. The van der Waals surface area contributed by atoms with Gasteiger partial charge in [0.2, 0.25) is 11.8 Å². The Bertz CT molecular complexity index is 1100. The van der Waals surface area contributed by atoms with Crippen LogP contribution in [-0.4, -0.2) is 28.8 Å². The highest BCUT2D eigenvalue weighted by molar-refractivity contribution is 6.31. The lowest BCUT2D eigenvalue weighted by atomic mass is 10.00. The predicted octanol–water partition coefficient (Wildman–Crippen LogP) is 5.75. The van der Waals surface area contributed by atoms with Crippen LogP contribution in [0.25, 0.3) is 0 Å². The van der Waals surface area contributed by atoms with Crippen molar-refractivity contribution in [1.82, 2.24) is 10.2 Å². The average molecular weight is 477 g/mol. The van der Waals surface area contributed by atoms with Crippen molar-refractivity contribution in [3.8, 4) is 0 Å². The van der Waals surface area contributed by atoms with Gasteiger partial charge in [0, 0.05) is 30.5 Å². The van der Waals surface area contributed by atoms with E-state index in [1.807, 2.05) is 99.6 Å². The van der Waals surface area contributed by atoms with E-state index in [9.17, 15) is 9.59 Å². The molecule has 0 aliphatic rings. The first-order valence-corrected chi connectivity index (χ1v) is 12.1. The van der Waals surface area contributed by atoms with Gasteiger partial charge in [-0.3, -0.25) is 9.59 Å². The van der Waals surface area contributed by atoms with Gasteiger partial charge in [-0.25, -0.2) is 0 Å². The summed E-state index contributed by atoms with van der Waals surface area (Å²) in [5.41, 5.74) is 4.07. The maximum atomic E-state index is 13.7. The minimum Gasteiger partial charge on any atom is -0.352 e. The first-order chi connectivity index (χ1) is 16.3. The SMILES string of the molecule is Cc1ccccc1CN(C(=O)CCc1ccccc1Cl)[C@@H](Cc1ccccc1)C(=O)NC(C)C. The van der Waals surface area contributed by atoms with E-state index in [1.165, 1.54) is 0 Å². The summed E-state index contributed by atoms with van der Waals surface area (Å²) in [5, 5.41) is 3.68. The van der Waals surface area contributed by atoms with E-state index in [0.717, 1.165) is 22.3 Å². The number of amides is 2. The molecule has 3 rings (SSSR count). The average Bonchev–Trinajstić information content (AvgIpc) is 2.82. The van der Waals surface area contributed by atoms with Gasteiger partial charge < -0.3 is 10.2 Å². The van der Waals surface area contributed by atoms with Gasteiger partial charge in [0.25, 0.3) is 0 Å². The molecule has 5 heteroatoms. The van der Waals surface area contributed by atoms with Crippen molar-refractivity contribution in [2.75, 3.05) is 0 Å². The summed E-state index contributed by atoms with van der Waals surface area (Å²) >= 11 is 6.33. The Labute approximate surface area is 207 Å². The molecule has 0 heterocycles. The van der Waals surface area contributed by atoms with Crippen molar-refractivity contribution in [1.29, 1.82) is 0 Å². The van der Waals surface area contributed by atoms with Crippen molar-refractivity contribution in [3.63, 3.8) is 0 Å². The molecule has 1 N–H and O–H groups in total. The van der Waals surface area contributed by atoms with Gasteiger partial charge in [0.1, 0.15) is 6.04 Å². The van der Waals surface area contributed by atoms with Crippen LogP contribution < -0.4 is 5.32 Å². The number of halogens is 1. The Hall–Kier alpha value is -3.11. The third-order valence-electron chi connectivity index (χ3n) is 5.87. The molecule has 3 aromatic rings. The maximum Gasteiger partial charge on any atom is 0.243 e. The molecule has 0 aliphatic carbocycles. The van der Waals surface area contributed by atoms with Crippen molar-refractivity contribution in [2.45, 2.75) is 58.7 Å². The van der Waals surface area contributed by atoms with Crippen molar-refractivity contribution in [2.24, 2.45) is 0 Å². The number of hydrogen-bond donors (Lipinski definition) is 1. The van der Waals surface area contributed by atoms with E-state index in [2.05, 4.69) is 5.32 Å². The highest BCUT2D eigenvalue weighted by Crippen LogP contribution is 2.21. The molecule has 4 nitrogen and oxygen atoms in total. The lowest BCUT2D eigenvalue weighted by Crippen LogP contribution is -2.51. The fourth-order valence-electron chi connectivity index (χ4n) is 3.99. The van der Waals surface area contributed by atoms with Crippen LogP contribution in [0.1, 0.15) is 42.5 Å². The summed E-state index contributed by atoms with van der Waals surface area (Å²) in [6.07, 6.45) is 1.24. The van der Waals surface area contributed by atoms with Crippen LogP contribution >= 0.6 is 11.6 Å². The van der Waals surface area contributed by atoms with Gasteiger partial charge >= 0.3 is 0 Å². The highest BCUT2D eigenvalue weighted by Gasteiger charge is 2.30. The quantitative estimate of drug-likeness (QED) is 0.405. The number of carbonyl (C=O) groups excluding carboxylic acids is 2. The van der Waals surface area contributed by atoms with E-state index in [4.69, 9.17) is 11.6 Å². The minimum absolute atomic E-state index is 0.0238.